The van der Waals surface area contributed by atoms with Crippen molar-refractivity contribution < 1.29 is 9.53 Å². The van der Waals surface area contributed by atoms with Crippen LogP contribution in [0, 0.1) is 11.8 Å². The molecule has 1 aliphatic rings. The van der Waals surface area contributed by atoms with Crippen molar-refractivity contribution in [1.82, 2.24) is 0 Å². The number of ether oxygens (including phenoxy) is 1. The number of carbonyl (C=O) groups excluding carboxylic acids is 1. The molecule has 1 aliphatic carbocycles. The van der Waals surface area contributed by atoms with Crippen LogP contribution in [-0.4, -0.2) is 20.7 Å². The van der Waals surface area contributed by atoms with E-state index in [9.17, 15) is 4.79 Å². The van der Waals surface area contributed by atoms with Gasteiger partial charge in [0.1, 0.15) is 0 Å². The van der Waals surface area contributed by atoms with Crippen molar-refractivity contribution in [2.45, 2.75) is 39.0 Å². The normalized spacial score (nSPS) is 27.1. The number of hydrogen-bond donors (Lipinski definition) is 0. The summed E-state index contributed by atoms with van der Waals surface area (Å²) in [5, 5.41) is 0. The van der Waals surface area contributed by atoms with Gasteiger partial charge < -0.3 is 4.74 Å². The topological polar surface area (TPSA) is 26.3 Å². The molecular weight excluding hydrogens is 180 g/mol. The van der Waals surface area contributed by atoms with Crippen molar-refractivity contribution in [3.05, 3.63) is 0 Å². The largest absolute Gasteiger partial charge is 0.466 e. The van der Waals surface area contributed by atoms with Crippen LogP contribution in [-0.2, 0) is 9.53 Å². The minimum Gasteiger partial charge on any atom is -0.466 e. The quantitative estimate of drug-likeness (QED) is 0.515. The summed E-state index contributed by atoms with van der Waals surface area (Å²) >= 11 is 0. The Hall–Kier alpha value is -0.313. The minimum absolute atomic E-state index is 0.0331. The first-order valence-corrected chi connectivity index (χ1v) is 8.81. The van der Waals surface area contributed by atoms with Crippen LogP contribution < -0.4 is 0 Å². The number of esters is 1. The van der Waals surface area contributed by atoms with E-state index in [1.807, 2.05) is 6.92 Å². The second kappa shape index (κ2) is 3.82. The lowest BCUT2D eigenvalue weighted by Gasteiger charge is -2.14. The summed E-state index contributed by atoms with van der Waals surface area (Å²) in [6, 6.07) is 1.27. The van der Waals surface area contributed by atoms with Gasteiger partial charge in [0.15, 0.2) is 0 Å². The van der Waals surface area contributed by atoms with Gasteiger partial charge in [-0.25, -0.2) is 0 Å². The number of rotatable bonds is 4. The van der Waals surface area contributed by atoms with Gasteiger partial charge in [0.25, 0.3) is 0 Å². The molecule has 1 rings (SSSR count). The summed E-state index contributed by atoms with van der Waals surface area (Å²) in [4.78, 5) is 11.3. The molecule has 0 N–H and O–H groups in total. The molecule has 0 saturated heterocycles. The molecule has 0 spiro atoms. The Morgan fingerprint density at radius 1 is 1.46 bits per heavy atom. The molecule has 2 nitrogen and oxygen atoms in total. The maximum atomic E-state index is 11.3. The average Bonchev–Trinajstić information content (AvgIpc) is 2.64. The highest BCUT2D eigenvalue weighted by molar-refractivity contribution is 6.76. The first-order valence-electron chi connectivity index (χ1n) is 5.10. The van der Waals surface area contributed by atoms with Gasteiger partial charge >= 0.3 is 5.97 Å². The van der Waals surface area contributed by atoms with Gasteiger partial charge in [-0.1, -0.05) is 25.7 Å². The zero-order chi connectivity index (χ0) is 10.1. The molecule has 1 saturated carbocycles. The highest BCUT2D eigenvalue weighted by Gasteiger charge is 2.45. The van der Waals surface area contributed by atoms with Crippen LogP contribution in [0.1, 0.15) is 13.3 Å². The molecular formula is C10H20O2Si. The fourth-order valence-electron chi connectivity index (χ4n) is 1.80. The molecule has 76 valence electrons. The van der Waals surface area contributed by atoms with Crippen molar-refractivity contribution in [2.75, 3.05) is 6.61 Å². The van der Waals surface area contributed by atoms with Crippen molar-refractivity contribution in [2.24, 2.45) is 11.8 Å². The summed E-state index contributed by atoms with van der Waals surface area (Å²) in [6.07, 6.45) is 1.07. The van der Waals surface area contributed by atoms with Gasteiger partial charge in [-0.2, -0.15) is 0 Å². The van der Waals surface area contributed by atoms with Gasteiger partial charge in [-0.15, -0.1) is 0 Å². The Bertz CT molecular complexity index is 196. The molecule has 0 radical (unpaired) electrons. The summed E-state index contributed by atoms with van der Waals surface area (Å²) in [5.41, 5.74) is 0. The summed E-state index contributed by atoms with van der Waals surface area (Å²) < 4.78 is 4.99. The fourth-order valence-corrected chi connectivity index (χ4v) is 3.82. The molecule has 0 amide bonds. The van der Waals surface area contributed by atoms with Gasteiger partial charge in [0, 0.05) is 8.07 Å². The van der Waals surface area contributed by atoms with E-state index in [2.05, 4.69) is 19.6 Å². The van der Waals surface area contributed by atoms with Crippen molar-refractivity contribution >= 4 is 14.0 Å². The van der Waals surface area contributed by atoms with E-state index >= 15 is 0 Å². The Balaban J connectivity index is 2.26. The third kappa shape index (κ3) is 3.51. The second-order valence-corrected chi connectivity index (χ2v) is 10.6. The highest BCUT2D eigenvalue weighted by atomic mass is 28.3. The van der Waals surface area contributed by atoms with Crippen LogP contribution >= 0.6 is 0 Å². The number of carbonyl (C=O) groups is 1. The molecule has 0 aromatic rings. The lowest BCUT2D eigenvalue weighted by molar-refractivity contribution is -0.144. The molecule has 0 aromatic heterocycles. The standard InChI is InChI=1S/C10H20O2Si/c1-5-12-10(11)9-6-8(9)7-13(2,3)4/h8-9H,5-7H2,1-4H3/t8-,9-/m1/s1. The predicted octanol–water partition coefficient (Wildman–Crippen LogP) is 2.52. The lowest BCUT2D eigenvalue weighted by Crippen LogP contribution is -2.21. The maximum absolute atomic E-state index is 11.3. The third-order valence-electron chi connectivity index (χ3n) is 2.39. The molecule has 2 atom stereocenters. The first-order chi connectivity index (χ1) is 5.94. The summed E-state index contributed by atoms with van der Waals surface area (Å²) in [5.74, 6) is 0.920. The monoisotopic (exact) mass is 200 g/mol. The Labute approximate surface area is 81.7 Å². The van der Waals surface area contributed by atoms with Crippen molar-refractivity contribution in [3.63, 3.8) is 0 Å². The van der Waals surface area contributed by atoms with E-state index in [1.54, 1.807) is 0 Å². The second-order valence-electron chi connectivity index (χ2n) is 5.12. The Morgan fingerprint density at radius 2 is 2.08 bits per heavy atom. The predicted molar refractivity (Wildman–Crippen MR) is 56.4 cm³/mol. The van der Waals surface area contributed by atoms with Crippen LogP contribution in [0.4, 0.5) is 0 Å². The van der Waals surface area contributed by atoms with Gasteiger partial charge in [0.2, 0.25) is 0 Å². The van der Waals surface area contributed by atoms with Crippen LogP contribution in [0.25, 0.3) is 0 Å². The van der Waals surface area contributed by atoms with Crippen molar-refractivity contribution in [1.29, 1.82) is 0 Å². The summed E-state index contributed by atoms with van der Waals surface area (Å²) in [7, 11) is -0.976. The molecule has 0 heterocycles. The average molecular weight is 200 g/mol. The molecule has 0 bridgehead atoms. The Kier molecular flexibility index (Phi) is 3.17. The van der Waals surface area contributed by atoms with Gasteiger partial charge in [-0.05, 0) is 19.3 Å². The number of hydrogen-bond acceptors (Lipinski definition) is 2. The zero-order valence-corrected chi connectivity index (χ0v) is 10.1. The molecule has 3 heteroatoms. The van der Waals surface area contributed by atoms with E-state index in [0.29, 0.717) is 12.5 Å². The molecule has 13 heavy (non-hydrogen) atoms. The van der Waals surface area contributed by atoms with Crippen LogP contribution in [0.3, 0.4) is 0 Å². The minimum atomic E-state index is -0.976. The van der Waals surface area contributed by atoms with Gasteiger partial charge in [-0.3, -0.25) is 4.79 Å². The lowest BCUT2D eigenvalue weighted by atomic mass is 10.3. The third-order valence-corrected chi connectivity index (χ3v) is 4.14. The molecule has 1 fully saturated rings. The van der Waals surface area contributed by atoms with E-state index in [-0.39, 0.29) is 11.9 Å². The van der Waals surface area contributed by atoms with E-state index in [0.717, 1.165) is 6.42 Å². The Morgan fingerprint density at radius 3 is 2.54 bits per heavy atom. The maximum Gasteiger partial charge on any atom is 0.309 e. The highest BCUT2D eigenvalue weighted by Crippen LogP contribution is 2.45. The smallest absolute Gasteiger partial charge is 0.309 e. The van der Waals surface area contributed by atoms with E-state index < -0.39 is 8.07 Å². The van der Waals surface area contributed by atoms with Crippen LogP contribution in [0.5, 0.6) is 0 Å². The fraction of sp³-hybridized carbons (Fsp3) is 0.900. The van der Waals surface area contributed by atoms with E-state index in [4.69, 9.17) is 4.74 Å². The van der Waals surface area contributed by atoms with Crippen molar-refractivity contribution in [3.8, 4) is 0 Å². The summed E-state index contributed by atoms with van der Waals surface area (Å²) in [6.45, 7) is 9.46. The molecule has 0 unspecified atom stereocenters. The van der Waals surface area contributed by atoms with Gasteiger partial charge in [0.05, 0.1) is 12.5 Å². The van der Waals surface area contributed by atoms with Crippen LogP contribution in [0.2, 0.25) is 25.7 Å². The SMILES string of the molecule is CCOC(=O)[C@@H]1C[C@@H]1C[Si](C)(C)C. The molecule has 0 aromatic carbocycles. The molecule has 0 aliphatic heterocycles. The first kappa shape index (κ1) is 10.8. The van der Waals surface area contributed by atoms with E-state index in [1.165, 1.54) is 6.04 Å². The zero-order valence-electron chi connectivity index (χ0n) is 9.09. The van der Waals surface area contributed by atoms with Crippen LogP contribution in [0.15, 0.2) is 0 Å².